The topological polar surface area (TPSA) is 89.0 Å². The summed E-state index contributed by atoms with van der Waals surface area (Å²) in [4.78, 5) is 22.4. The summed E-state index contributed by atoms with van der Waals surface area (Å²) in [6, 6.07) is 9.26. The van der Waals surface area contributed by atoms with E-state index in [9.17, 15) is 18.0 Å². The first-order chi connectivity index (χ1) is 8.01. The van der Waals surface area contributed by atoms with Crippen LogP contribution in [0.15, 0.2) is 56.9 Å². The first-order valence-electron chi connectivity index (χ1n) is 4.65. The maximum Gasteiger partial charge on any atom is 0.284 e. The fraction of sp³-hybridized carbons (Fsp3) is 0. The molecule has 0 saturated carbocycles. The molecule has 0 saturated heterocycles. The number of aromatic amines is 1. The second-order valence-corrected chi connectivity index (χ2v) is 5.02. The van der Waals surface area contributed by atoms with Crippen LogP contribution in [0.5, 0.6) is 0 Å². The molecule has 1 heterocycles. The summed E-state index contributed by atoms with van der Waals surface area (Å²) >= 11 is 0. The van der Waals surface area contributed by atoms with E-state index in [0.29, 0.717) is 4.09 Å². The molecule has 0 aliphatic carbocycles. The average molecular weight is 252 g/mol. The smallest absolute Gasteiger partial charge is 0.268 e. The van der Waals surface area contributed by atoms with Gasteiger partial charge in [0.1, 0.15) is 0 Å². The number of rotatable bonds is 2. The zero-order chi connectivity index (χ0) is 12.5. The van der Waals surface area contributed by atoms with Crippen molar-refractivity contribution < 1.29 is 8.42 Å². The van der Waals surface area contributed by atoms with E-state index in [4.69, 9.17) is 0 Å². The number of hydrogen-bond donors (Lipinski definition) is 1. The van der Waals surface area contributed by atoms with Gasteiger partial charge in [0.05, 0.1) is 4.90 Å². The minimum absolute atomic E-state index is 0.0658. The lowest BCUT2D eigenvalue weighted by Gasteiger charge is -2.05. The van der Waals surface area contributed by atoms with Gasteiger partial charge in [0.2, 0.25) is 0 Å². The molecule has 0 bridgehead atoms. The van der Waals surface area contributed by atoms with Gasteiger partial charge in [0, 0.05) is 12.1 Å². The van der Waals surface area contributed by atoms with Gasteiger partial charge in [-0.2, -0.15) is 8.42 Å². The minimum Gasteiger partial charge on any atom is -0.268 e. The van der Waals surface area contributed by atoms with E-state index in [1.165, 1.54) is 24.3 Å². The number of hydrogen-bond acceptors (Lipinski definition) is 4. The van der Waals surface area contributed by atoms with E-state index >= 15 is 0 Å². The van der Waals surface area contributed by atoms with Crippen LogP contribution in [-0.4, -0.2) is 17.6 Å². The first-order valence-corrected chi connectivity index (χ1v) is 6.09. The van der Waals surface area contributed by atoms with E-state index < -0.39 is 21.1 Å². The molecule has 0 fully saturated rings. The fourth-order valence-corrected chi connectivity index (χ4v) is 2.50. The number of H-pyrrole nitrogens is 1. The predicted molar refractivity (Wildman–Crippen MR) is 60.3 cm³/mol. The number of nitrogens with zero attached hydrogens (tertiary/aromatic N) is 1. The highest BCUT2D eigenvalue weighted by molar-refractivity contribution is 7.89. The first kappa shape index (κ1) is 11.3. The van der Waals surface area contributed by atoms with E-state index in [-0.39, 0.29) is 4.90 Å². The largest absolute Gasteiger partial charge is 0.284 e. The Morgan fingerprint density at radius 2 is 1.59 bits per heavy atom. The van der Waals surface area contributed by atoms with Crippen LogP contribution in [0.25, 0.3) is 0 Å². The quantitative estimate of drug-likeness (QED) is 0.799. The third kappa shape index (κ3) is 2.04. The van der Waals surface area contributed by atoms with Crippen LogP contribution in [0.1, 0.15) is 0 Å². The van der Waals surface area contributed by atoms with Crippen molar-refractivity contribution in [2.75, 3.05) is 0 Å². The highest BCUT2D eigenvalue weighted by atomic mass is 32.2. The van der Waals surface area contributed by atoms with Crippen molar-refractivity contribution in [3.05, 3.63) is 63.2 Å². The second-order valence-electron chi connectivity index (χ2n) is 3.23. The van der Waals surface area contributed by atoms with E-state index in [1.54, 1.807) is 6.07 Å². The number of aromatic nitrogens is 2. The monoisotopic (exact) mass is 252 g/mol. The molecule has 2 rings (SSSR count). The van der Waals surface area contributed by atoms with Gasteiger partial charge in [-0.05, 0) is 12.1 Å². The molecule has 0 aliphatic heterocycles. The molecule has 88 valence electrons. The Kier molecular flexibility index (Phi) is 2.68. The summed E-state index contributed by atoms with van der Waals surface area (Å²) in [5.74, 6) is 0. The molecule has 0 spiro atoms. The Morgan fingerprint density at radius 3 is 2.24 bits per heavy atom. The average Bonchev–Trinajstić information content (AvgIpc) is 2.33. The Morgan fingerprint density at radius 1 is 0.941 bits per heavy atom. The van der Waals surface area contributed by atoms with Crippen molar-refractivity contribution in [2.45, 2.75) is 4.90 Å². The summed E-state index contributed by atoms with van der Waals surface area (Å²) in [5, 5.41) is 1.97. The maximum atomic E-state index is 12.0. The Hall–Kier alpha value is -2.15. The molecule has 1 aromatic heterocycles. The van der Waals surface area contributed by atoms with Gasteiger partial charge in [-0.25, -0.2) is 5.10 Å². The lowest BCUT2D eigenvalue weighted by Crippen LogP contribution is -2.33. The third-order valence-corrected chi connectivity index (χ3v) is 3.69. The highest BCUT2D eigenvalue weighted by Crippen LogP contribution is 2.08. The molecule has 0 radical (unpaired) electrons. The summed E-state index contributed by atoms with van der Waals surface area (Å²) in [6.45, 7) is 0. The standard InChI is InChI=1S/C10H8N2O4S/c13-9-6-7-10(14)12(11-9)17(15,16)8-4-2-1-3-5-8/h1-7H,(H,11,13). The molecule has 6 nitrogen and oxygen atoms in total. The summed E-state index contributed by atoms with van der Waals surface area (Å²) in [5.41, 5.74) is -1.47. The molecule has 0 amide bonds. The Labute approximate surface area is 96.2 Å². The maximum absolute atomic E-state index is 12.0. The van der Waals surface area contributed by atoms with Gasteiger partial charge in [-0.15, -0.1) is 4.09 Å². The van der Waals surface area contributed by atoms with Gasteiger partial charge in [0.25, 0.3) is 21.1 Å². The lowest BCUT2D eigenvalue weighted by atomic mass is 10.4. The second kappa shape index (κ2) is 4.02. The van der Waals surface area contributed by atoms with Crippen molar-refractivity contribution in [1.82, 2.24) is 9.19 Å². The van der Waals surface area contributed by atoms with Crippen LogP contribution in [-0.2, 0) is 10.0 Å². The van der Waals surface area contributed by atoms with E-state index in [1.807, 2.05) is 5.10 Å². The highest BCUT2D eigenvalue weighted by Gasteiger charge is 2.18. The van der Waals surface area contributed by atoms with E-state index in [0.717, 1.165) is 12.1 Å². The summed E-state index contributed by atoms with van der Waals surface area (Å²) in [7, 11) is -4.04. The lowest BCUT2D eigenvalue weighted by molar-refractivity contribution is 0.574. The Balaban J connectivity index is 2.73. The zero-order valence-corrected chi connectivity index (χ0v) is 9.35. The van der Waals surface area contributed by atoms with Crippen LogP contribution < -0.4 is 11.1 Å². The fourth-order valence-electron chi connectivity index (χ4n) is 1.28. The van der Waals surface area contributed by atoms with Crippen LogP contribution in [0.4, 0.5) is 0 Å². The molecule has 1 aromatic carbocycles. The van der Waals surface area contributed by atoms with Gasteiger partial charge in [-0.3, -0.25) is 9.59 Å². The number of nitrogens with one attached hydrogen (secondary N) is 1. The normalized spacial score (nSPS) is 11.3. The van der Waals surface area contributed by atoms with Crippen molar-refractivity contribution >= 4 is 10.0 Å². The molecule has 2 aromatic rings. The summed E-state index contributed by atoms with van der Waals surface area (Å²) in [6.07, 6.45) is 0. The number of benzene rings is 1. The van der Waals surface area contributed by atoms with Gasteiger partial charge >= 0.3 is 0 Å². The van der Waals surface area contributed by atoms with Crippen molar-refractivity contribution in [3.8, 4) is 0 Å². The summed E-state index contributed by atoms with van der Waals surface area (Å²) < 4.78 is 24.3. The molecule has 1 N–H and O–H groups in total. The van der Waals surface area contributed by atoms with Crippen LogP contribution in [0.3, 0.4) is 0 Å². The molecular weight excluding hydrogens is 244 g/mol. The molecule has 0 atom stereocenters. The minimum atomic E-state index is -4.04. The molecule has 7 heteroatoms. The van der Waals surface area contributed by atoms with Crippen molar-refractivity contribution in [3.63, 3.8) is 0 Å². The van der Waals surface area contributed by atoms with Crippen LogP contribution in [0.2, 0.25) is 0 Å². The molecule has 0 aliphatic rings. The molecule has 17 heavy (non-hydrogen) atoms. The third-order valence-electron chi connectivity index (χ3n) is 2.07. The van der Waals surface area contributed by atoms with Gasteiger partial charge in [0.15, 0.2) is 0 Å². The van der Waals surface area contributed by atoms with E-state index in [2.05, 4.69) is 0 Å². The molecular formula is C10H8N2O4S. The van der Waals surface area contributed by atoms with Gasteiger partial charge < -0.3 is 0 Å². The Bertz CT molecular complexity index is 744. The predicted octanol–water partition coefficient (Wildman–Crippen LogP) is -0.226. The van der Waals surface area contributed by atoms with Crippen LogP contribution in [0, 0.1) is 0 Å². The SMILES string of the molecule is O=c1ccc(=O)n(S(=O)(=O)c2ccccc2)[nH]1. The van der Waals surface area contributed by atoms with Crippen LogP contribution >= 0.6 is 0 Å². The van der Waals surface area contributed by atoms with Crippen molar-refractivity contribution in [1.29, 1.82) is 0 Å². The van der Waals surface area contributed by atoms with Crippen molar-refractivity contribution in [2.24, 2.45) is 0 Å². The zero-order valence-electron chi connectivity index (χ0n) is 8.53. The molecule has 0 unspecified atom stereocenters. The van der Waals surface area contributed by atoms with Gasteiger partial charge in [-0.1, -0.05) is 18.2 Å².